The molecule has 4 unspecified atom stereocenters. The molecule has 4 atom stereocenters. The molecule has 0 aromatic heterocycles. The van der Waals surface area contributed by atoms with Gasteiger partial charge in [0.2, 0.25) is 0 Å². The standard InChI is InChI=1S/C38H44N10.2Cu.H2NO3.2HNO3/c1-43-31-17-9-5-13-27(31)39-35(43)23-47(24-36-40-28-14-6-10-18-32(28)44(36)2)21-22-48(25-37-41-29-15-7-11-19-33(29)45(37)3)26-38-42-30-16-8-12-20-34(30)46(38)4;;;3*2-1(3)4/h5-20,35-38H,21-26H2,1-4H3;;;(H2,2,3,4);2*(H,2,3,4)/q-4;3*+1;;. The zero-order valence-electron chi connectivity index (χ0n) is 34.0. The van der Waals surface area contributed by atoms with E-state index in [1.165, 1.54) is 22.7 Å². The van der Waals surface area contributed by atoms with Gasteiger partial charge in [-0.15, -0.1) is 43.0 Å². The topological polar surface area (TPSA) is 263 Å². The van der Waals surface area contributed by atoms with Crippen molar-refractivity contribution in [3.8, 4) is 0 Å². The molecule has 0 radical (unpaired) electrons. The SMILES string of the molecule is CN1c2ccccc2[N-]C1CN(CCN(CC1[N-]c2ccccc2N1C)CC1[N-]c2ccccc2N1C)CC1[N-]c2ccccc2N1C.O=[N+](O)O.O=[N+]([O-])O.O=[N+]([O-])O.[Cu+].[Cu+]. The zero-order valence-corrected chi connectivity index (χ0v) is 35.9. The van der Waals surface area contributed by atoms with Gasteiger partial charge >= 0.3 is 39.2 Å². The van der Waals surface area contributed by atoms with E-state index in [0.29, 0.717) is 0 Å². The third-order valence-electron chi connectivity index (χ3n) is 10.4. The van der Waals surface area contributed by atoms with E-state index in [1.807, 2.05) is 0 Å². The molecule has 4 aromatic carbocycles. The van der Waals surface area contributed by atoms with Gasteiger partial charge in [0.25, 0.3) is 10.2 Å². The Hall–Kier alpha value is -6.16. The van der Waals surface area contributed by atoms with E-state index in [0.717, 1.165) is 62.0 Å². The first kappa shape index (κ1) is 50.2. The van der Waals surface area contributed by atoms with Crippen molar-refractivity contribution in [2.75, 3.05) is 87.1 Å². The van der Waals surface area contributed by atoms with Gasteiger partial charge in [0.05, 0.1) is 0 Å². The van der Waals surface area contributed by atoms with Crippen LogP contribution in [0.4, 0.5) is 45.5 Å². The zero-order chi connectivity index (χ0) is 43.5. The Morgan fingerprint density at radius 1 is 0.468 bits per heavy atom. The van der Waals surface area contributed by atoms with Gasteiger partial charge in [-0.2, -0.15) is 0 Å². The van der Waals surface area contributed by atoms with Gasteiger partial charge in [-0.25, -0.2) is 10.4 Å². The van der Waals surface area contributed by atoms with E-state index in [1.54, 1.807) is 0 Å². The molecule has 22 nitrogen and oxygen atoms in total. The van der Waals surface area contributed by atoms with E-state index in [9.17, 15) is 0 Å². The van der Waals surface area contributed by atoms with Crippen molar-refractivity contribution in [3.05, 3.63) is 143 Å². The minimum atomic E-state index is -1.50. The number of fused-ring (bicyclic) bond motifs is 4. The summed E-state index contributed by atoms with van der Waals surface area (Å²) in [6, 6.07) is 33.8. The first-order chi connectivity index (χ1) is 28.6. The molecule has 62 heavy (non-hydrogen) atoms. The van der Waals surface area contributed by atoms with Crippen LogP contribution in [0.15, 0.2) is 97.1 Å². The molecular weight excluding hydrogens is 910 g/mol. The second-order valence-electron chi connectivity index (χ2n) is 14.1. The van der Waals surface area contributed by atoms with Crippen LogP contribution in [0.2, 0.25) is 0 Å². The van der Waals surface area contributed by atoms with Gasteiger partial charge in [0.1, 0.15) is 4.91 Å². The average Bonchev–Trinajstić information content (AvgIpc) is 3.90. The van der Waals surface area contributed by atoms with Gasteiger partial charge in [0.15, 0.2) is 0 Å². The summed E-state index contributed by atoms with van der Waals surface area (Å²) in [6.45, 7) is 5.00. The molecule has 0 bridgehead atoms. The van der Waals surface area contributed by atoms with Crippen LogP contribution in [-0.4, -0.2) is 138 Å². The number of likely N-dealkylation sites (N-methyl/N-ethyl adjacent to an activating group) is 4. The van der Waals surface area contributed by atoms with Gasteiger partial charge in [0, 0.05) is 90.2 Å². The van der Waals surface area contributed by atoms with Crippen LogP contribution in [0.25, 0.3) is 21.3 Å². The second-order valence-corrected chi connectivity index (χ2v) is 14.1. The van der Waals surface area contributed by atoms with Crippen LogP contribution in [0.1, 0.15) is 0 Å². The maximum Gasteiger partial charge on any atom is 1.00 e. The van der Waals surface area contributed by atoms with Crippen molar-refractivity contribution in [2.24, 2.45) is 0 Å². The number of anilines is 4. The van der Waals surface area contributed by atoms with Crippen molar-refractivity contribution in [1.29, 1.82) is 0 Å². The summed E-state index contributed by atoms with van der Waals surface area (Å²) in [5.41, 5.74) is 9.03. The fourth-order valence-electron chi connectivity index (χ4n) is 7.49. The molecular formula is C38H48Cu2N13O9-. The monoisotopic (exact) mass is 956 g/mol. The minimum absolute atomic E-state index is 0. The number of nitrogens with zero attached hydrogens (tertiary/aromatic N) is 13. The molecule has 8 rings (SSSR count). The summed E-state index contributed by atoms with van der Waals surface area (Å²) in [4.78, 5) is 39.6. The largest absolute Gasteiger partial charge is 1.00 e. The van der Waals surface area contributed by atoms with Gasteiger partial charge in [-0.1, -0.05) is 72.8 Å². The summed E-state index contributed by atoms with van der Waals surface area (Å²) in [7, 11) is 8.65. The molecule has 4 aliphatic rings. The maximum atomic E-state index is 8.47. The summed E-state index contributed by atoms with van der Waals surface area (Å²) in [5.74, 6) is 0. The van der Waals surface area contributed by atoms with Crippen LogP contribution in [0.5, 0.6) is 0 Å². The van der Waals surface area contributed by atoms with Crippen molar-refractivity contribution in [1.82, 2.24) is 9.80 Å². The van der Waals surface area contributed by atoms with Crippen LogP contribution in [0, 0.1) is 25.1 Å². The van der Waals surface area contributed by atoms with Crippen molar-refractivity contribution in [3.63, 3.8) is 0 Å². The predicted molar refractivity (Wildman–Crippen MR) is 224 cm³/mol. The number of rotatable bonds is 11. The summed E-state index contributed by atoms with van der Waals surface area (Å²) in [6.07, 6.45) is 0.170. The van der Waals surface area contributed by atoms with Crippen LogP contribution < -0.4 is 19.6 Å². The minimum Gasteiger partial charge on any atom is -0.663 e. The number of benzene rings is 4. The Morgan fingerprint density at radius 3 is 0.823 bits per heavy atom. The molecule has 0 aliphatic carbocycles. The summed E-state index contributed by atoms with van der Waals surface area (Å²) < 4.78 is 0. The summed E-state index contributed by atoms with van der Waals surface area (Å²) >= 11 is 0. The third kappa shape index (κ3) is 13.2. The Kier molecular flexibility index (Phi) is 18.8. The number of hydrogen-bond donors (Lipinski definition) is 4. The molecule has 24 heteroatoms. The van der Waals surface area contributed by atoms with Crippen molar-refractivity contribution < 1.29 is 70.2 Å². The molecule has 0 amide bonds. The van der Waals surface area contributed by atoms with Crippen molar-refractivity contribution >= 4 is 45.5 Å². The molecule has 4 heterocycles. The predicted octanol–water partition coefficient (Wildman–Crippen LogP) is 6.36. The van der Waals surface area contributed by atoms with Gasteiger partial charge in [-0.3, -0.25) is 0 Å². The Bertz CT molecular complexity index is 1810. The molecule has 0 saturated heterocycles. The van der Waals surface area contributed by atoms with E-state index >= 15 is 0 Å². The molecule has 4 aromatic rings. The molecule has 4 aliphatic heterocycles. The number of para-hydroxylation sites is 8. The van der Waals surface area contributed by atoms with Crippen LogP contribution in [0.3, 0.4) is 0 Å². The average molecular weight is 958 g/mol. The normalized spacial score (nSPS) is 18.1. The second kappa shape index (κ2) is 23.2. The van der Waals surface area contributed by atoms with E-state index in [4.69, 9.17) is 67.2 Å². The summed E-state index contributed by atoms with van der Waals surface area (Å²) in [5, 5.41) is 60.4. The van der Waals surface area contributed by atoms with Gasteiger partial charge < -0.3 is 61.1 Å². The number of hydrogen-bond acceptors (Lipinski definition) is 11. The quantitative estimate of drug-likeness (QED) is 0.0724. The Morgan fingerprint density at radius 2 is 0.645 bits per heavy atom. The Balaban J connectivity index is 0.000000653. The maximum absolute atomic E-state index is 8.47. The molecule has 0 saturated carbocycles. The van der Waals surface area contributed by atoms with Crippen LogP contribution >= 0.6 is 0 Å². The first-order valence-electron chi connectivity index (χ1n) is 18.7. The van der Waals surface area contributed by atoms with E-state index in [-0.39, 0.29) is 58.8 Å². The molecule has 4 N–H and O–H groups in total. The first-order valence-corrected chi connectivity index (χ1v) is 18.7. The van der Waals surface area contributed by atoms with Crippen molar-refractivity contribution in [2.45, 2.75) is 24.7 Å². The van der Waals surface area contributed by atoms with E-state index in [2.05, 4.69) is 155 Å². The fraction of sp³-hybridized carbons (Fsp3) is 0.368. The Labute approximate surface area is 379 Å². The smallest absolute Gasteiger partial charge is 0.663 e. The van der Waals surface area contributed by atoms with E-state index < -0.39 is 15.3 Å². The molecule has 0 fully saturated rings. The van der Waals surface area contributed by atoms with Gasteiger partial charge in [-0.05, 0) is 48.9 Å². The molecule has 342 valence electrons. The third-order valence-corrected chi connectivity index (χ3v) is 10.4. The molecule has 0 spiro atoms. The fourth-order valence-corrected chi connectivity index (χ4v) is 7.49. The van der Waals surface area contributed by atoms with Crippen LogP contribution in [-0.2, 0) is 34.1 Å².